The number of anilines is 1. The molecule has 1 aromatic carbocycles. The molecular weight excluding hydrogens is 269 g/mol. The zero-order chi connectivity index (χ0) is 14.8. The van der Waals surface area contributed by atoms with Crippen LogP contribution in [0.1, 0.15) is 21.5 Å². The van der Waals surface area contributed by atoms with Gasteiger partial charge in [-0.1, -0.05) is 18.2 Å². The van der Waals surface area contributed by atoms with Crippen molar-refractivity contribution in [2.45, 2.75) is 13.1 Å². The first-order valence-electron chi connectivity index (χ1n) is 5.78. The Hall–Kier alpha value is -2.37. The maximum atomic E-state index is 12.8. The molecule has 2 aromatic rings. The third kappa shape index (κ3) is 3.14. The Morgan fingerprint density at radius 2 is 1.85 bits per heavy atom. The van der Waals surface area contributed by atoms with Gasteiger partial charge in [0.2, 0.25) is 0 Å². The molecule has 0 atom stereocenters. The lowest BCUT2D eigenvalue weighted by molar-refractivity contribution is -0.137. The van der Waals surface area contributed by atoms with Crippen LogP contribution in [0.2, 0.25) is 0 Å². The highest BCUT2D eigenvalue weighted by Gasteiger charge is 2.34. The Morgan fingerprint density at radius 1 is 1.15 bits per heavy atom. The molecular formula is C14H11F3N2O. The zero-order valence-electron chi connectivity index (χ0n) is 10.5. The molecule has 1 heterocycles. The van der Waals surface area contributed by atoms with E-state index in [1.807, 2.05) is 6.92 Å². The van der Waals surface area contributed by atoms with Gasteiger partial charge in [0.15, 0.2) is 0 Å². The van der Waals surface area contributed by atoms with Gasteiger partial charge in [-0.2, -0.15) is 13.2 Å². The van der Waals surface area contributed by atoms with Crippen molar-refractivity contribution < 1.29 is 18.0 Å². The number of amides is 1. The third-order valence-corrected chi connectivity index (χ3v) is 2.63. The van der Waals surface area contributed by atoms with Gasteiger partial charge in [0.25, 0.3) is 5.91 Å². The van der Waals surface area contributed by atoms with Crippen LogP contribution in [0.4, 0.5) is 19.0 Å². The van der Waals surface area contributed by atoms with Crippen LogP contribution in [0.15, 0.2) is 42.6 Å². The molecule has 1 amide bonds. The normalized spacial score (nSPS) is 11.2. The molecule has 0 saturated carbocycles. The number of hydrogen-bond acceptors (Lipinski definition) is 2. The molecule has 0 aliphatic carbocycles. The number of nitrogens with one attached hydrogen (secondary N) is 1. The molecule has 1 aromatic heterocycles. The molecule has 0 radical (unpaired) electrons. The summed E-state index contributed by atoms with van der Waals surface area (Å²) in [7, 11) is 0. The van der Waals surface area contributed by atoms with Gasteiger partial charge in [0.05, 0.1) is 11.1 Å². The molecule has 3 nitrogen and oxygen atoms in total. The summed E-state index contributed by atoms with van der Waals surface area (Å²) in [6.07, 6.45) is -3.06. The number of alkyl halides is 3. The van der Waals surface area contributed by atoms with E-state index in [0.29, 0.717) is 0 Å². The molecule has 104 valence electrons. The molecule has 0 aliphatic heterocycles. The van der Waals surface area contributed by atoms with Gasteiger partial charge < -0.3 is 5.32 Å². The largest absolute Gasteiger partial charge is 0.417 e. The molecule has 6 heteroatoms. The number of pyridine rings is 1. The summed E-state index contributed by atoms with van der Waals surface area (Å²) in [6, 6.07) is 7.86. The summed E-state index contributed by atoms with van der Waals surface area (Å²) in [5.41, 5.74) is -0.509. The van der Waals surface area contributed by atoms with Crippen LogP contribution in [0.25, 0.3) is 0 Å². The standard InChI is InChI=1S/C14H11F3N2O/c1-9-6-7-12(18-8-9)19-13(20)10-4-2-3-5-11(10)14(15,16)17/h2-8H,1H3,(H,18,19,20). The van der Waals surface area contributed by atoms with Gasteiger partial charge in [-0.15, -0.1) is 0 Å². The average Bonchev–Trinajstić information content (AvgIpc) is 2.40. The highest BCUT2D eigenvalue weighted by Crippen LogP contribution is 2.32. The Labute approximate surface area is 113 Å². The maximum absolute atomic E-state index is 12.8. The van der Waals surface area contributed by atoms with E-state index in [-0.39, 0.29) is 5.82 Å². The van der Waals surface area contributed by atoms with Crippen LogP contribution in [0, 0.1) is 6.92 Å². The number of nitrogens with zero attached hydrogens (tertiary/aromatic N) is 1. The highest BCUT2D eigenvalue weighted by atomic mass is 19.4. The quantitative estimate of drug-likeness (QED) is 0.912. The van der Waals surface area contributed by atoms with Crippen molar-refractivity contribution >= 4 is 11.7 Å². The van der Waals surface area contributed by atoms with E-state index in [4.69, 9.17) is 0 Å². The summed E-state index contributed by atoms with van der Waals surface area (Å²) >= 11 is 0. The van der Waals surface area contributed by atoms with E-state index < -0.39 is 23.2 Å². The molecule has 1 N–H and O–H groups in total. The lowest BCUT2D eigenvalue weighted by Gasteiger charge is -2.12. The predicted molar refractivity (Wildman–Crippen MR) is 68.4 cm³/mol. The van der Waals surface area contributed by atoms with Crippen molar-refractivity contribution in [2.24, 2.45) is 0 Å². The fraction of sp³-hybridized carbons (Fsp3) is 0.143. The topological polar surface area (TPSA) is 42.0 Å². The maximum Gasteiger partial charge on any atom is 0.417 e. The second-order valence-electron chi connectivity index (χ2n) is 4.22. The highest BCUT2D eigenvalue weighted by molar-refractivity contribution is 6.04. The van der Waals surface area contributed by atoms with Crippen molar-refractivity contribution in [1.82, 2.24) is 4.98 Å². The fourth-order valence-electron chi connectivity index (χ4n) is 1.65. The number of carbonyl (C=O) groups excluding carboxylic acids is 1. The number of aryl methyl sites for hydroxylation is 1. The molecule has 0 fully saturated rings. The van der Waals surface area contributed by atoms with Gasteiger partial charge >= 0.3 is 6.18 Å². The number of rotatable bonds is 2. The van der Waals surface area contributed by atoms with Gasteiger partial charge in [-0.25, -0.2) is 4.98 Å². The fourth-order valence-corrected chi connectivity index (χ4v) is 1.65. The smallest absolute Gasteiger partial charge is 0.307 e. The van der Waals surface area contributed by atoms with E-state index in [9.17, 15) is 18.0 Å². The van der Waals surface area contributed by atoms with E-state index in [2.05, 4.69) is 10.3 Å². The van der Waals surface area contributed by atoms with Gasteiger partial charge in [0.1, 0.15) is 5.82 Å². The van der Waals surface area contributed by atoms with Crippen molar-refractivity contribution in [3.05, 3.63) is 59.3 Å². The van der Waals surface area contributed by atoms with Gasteiger partial charge in [-0.05, 0) is 30.7 Å². The van der Waals surface area contributed by atoms with Crippen LogP contribution in [0.5, 0.6) is 0 Å². The first-order valence-corrected chi connectivity index (χ1v) is 5.78. The predicted octanol–water partition coefficient (Wildman–Crippen LogP) is 3.66. The second-order valence-corrected chi connectivity index (χ2v) is 4.22. The molecule has 0 unspecified atom stereocenters. The summed E-state index contributed by atoms with van der Waals surface area (Å²) in [6.45, 7) is 1.82. The summed E-state index contributed by atoms with van der Waals surface area (Å²) in [5, 5.41) is 2.35. The molecule has 0 aliphatic rings. The van der Waals surface area contributed by atoms with Crippen LogP contribution < -0.4 is 5.32 Å². The minimum absolute atomic E-state index is 0.206. The van der Waals surface area contributed by atoms with Crippen LogP contribution in [-0.4, -0.2) is 10.9 Å². The molecule has 20 heavy (non-hydrogen) atoms. The number of halogens is 3. The first kappa shape index (κ1) is 14.0. The lowest BCUT2D eigenvalue weighted by Crippen LogP contribution is -2.19. The number of hydrogen-bond donors (Lipinski definition) is 1. The van der Waals surface area contributed by atoms with Crippen LogP contribution >= 0.6 is 0 Å². The Balaban J connectivity index is 2.28. The molecule has 2 rings (SSSR count). The van der Waals surface area contributed by atoms with Gasteiger partial charge in [0, 0.05) is 6.20 Å². The number of benzene rings is 1. The number of aromatic nitrogens is 1. The Bertz CT molecular complexity index is 621. The van der Waals surface area contributed by atoms with Crippen LogP contribution in [0.3, 0.4) is 0 Å². The molecule has 0 bridgehead atoms. The Morgan fingerprint density at radius 3 is 2.45 bits per heavy atom. The lowest BCUT2D eigenvalue weighted by atomic mass is 10.1. The second kappa shape index (κ2) is 5.32. The van der Waals surface area contributed by atoms with Crippen molar-refractivity contribution in [3.8, 4) is 0 Å². The average molecular weight is 280 g/mol. The zero-order valence-corrected chi connectivity index (χ0v) is 10.5. The van der Waals surface area contributed by atoms with E-state index in [0.717, 1.165) is 17.7 Å². The van der Waals surface area contributed by atoms with E-state index >= 15 is 0 Å². The van der Waals surface area contributed by atoms with Crippen LogP contribution in [-0.2, 0) is 6.18 Å². The number of carbonyl (C=O) groups is 1. The van der Waals surface area contributed by atoms with Crippen molar-refractivity contribution in [1.29, 1.82) is 0 Å². The third-order valence-electron chi connectivity index (χ3n) is 2.63. The van der Waals surface area contributed by atoms with Gasteiger partial charge in [-0.3, -0.25) is 4.79 Å². The summed E-state index contributed by atoms with van der Waals surface area (Å²) in [5.74, 6) is -0.633. The molecule has 0 spiro atoms. The minimum atomic E-state index is -4.57. The van der Waals surface area contributed by atoms with E-state index in [1.165, 1.54) is 24.4 Å². The SMILES string of the molecule is Cc1ccc(NC(=O)c2ccccc2C(F)(F)F)nc1. The monoisotopic (exact) mass is 280 g/mol. The summed E-state index contributed by atoms with van der Waals surface area (Å²) < 4.78 is 38.4. The van der Waals surface area contributed by atoms with Crippen molar-refractivity contribution in [3.63, 3.8) is 0 Å². The summed E-state index contributed by atoms with van der Waals surface area (Å²) in [4.78, 5) is 15.8. The minimum Gasteiger partial charge on any atom is -0.307 e. The first-order chi connectivity index (χ1) is 9.38. The van der Waals surface area contributed by atoms with Crippen molar-refractivity contribution in [2.75, 3.05) is 5.32 Å². The van der Waals surface area contributed by atoms with E-state index in [1.54, 1.807) is 6.07 Å². The molecule has 0 saturated heterocycles. The Kier molecular flexibility index (Phi) is 3.74.